The molecular formula is C18H18N4O3S3. The number of nitrogens with zero attached hydrogens (tertiary/aromatic N) is 3. The van der Waals surface area contributed by atoms with Crippen molar-refractivity contribution < 1.29 is 13.8 Å². The summed E-state index contributed by atoms with van der Waals surface area (Å²) < 4.78 is 7.03. The molecule has 2 heterocycles. The number of fused-ring (bicyclic) bond motifs is 1. The molecule has 2 aromatic heterocycles. The van der Waals surface area contributed by atoms with E-state index in [-0.39, 0.29) is 11.8 Å². The fourth-order valence-corrected chi connectivity index (χ4v) is 5.00. The van der Waals surface area contributed by atoms with Crippen LogP contribution in [0.3, 0.4) is 0 Å². The summed E-state index contributed by atoms with van der Waals surface area (Å²) >= 11 is 3.60. The fourth-order valence-electron chi connectivity index (χ4n) is 2.88. The smallest absolute Gasteiger partial charge is 0.375 e. The van der Waals surface area contributed by atoms with E-state index in [1.807, 2.05) is 24.3 Å². The Morgan fingerprint density at radius 3 is 2.79 bits per heavy atom. The van der Waals surface area contributed by atoms with Gasteiger partial charge in [-0.25, -0.2) is 14.8 Å². The Hall–Kier alpha value is -2.17. The van der Waals surface area contributed by atoms with Crippen molar-refractivity contribution in [1.82, 2.24) is 9.97 Å². The van der Waals surface area contributed by atoms with E-state index in [4.69, 9.17) is 14.8 Å². The lowest BCUT2D eigenvalue weighted by atomic mass is 9.98. The summed E-state index contributed by atoms with van der Waals surface area (Å²) in [5.74, 6) is -0.634. The number of aromatic nitrogens is 2. The molecule has 28 heavy (non-hydrogen) atoms. The molecule has 0 bridgehead atoms. The average molecular weight is 435 g/mol. The SMILES string of the molecule is Nc1nc(/C(=N/OC2CCCCC2)C(=O)OSc2nc3ccccc3s2)cs1. The van der Waals surface area contributed by atoms with Crippen LogP contribution in [0, 0.1) is 0 Å². The molecule has 0 aliphatic heterocycles. The Morgan fingerprint density at radius 2 is 2.04 bits per heavy atom. The van der Waals surface area contributed by atoms with Crippen molar-refractivity contribution in [2.75, 3.05) is 5.73 Å². The number of anilines is 1. The second-order valence-electron chi connectivity index (χ2n) is 6.28. The standard InChI is InChI=1S/C18H18N4O3S3/c19-17-20-13(10-26-17)15(22-24-11-6-2-1-3-7-11)16(23)25-28-18-21-12-8-4-5-9-14(12)27-18/h4-5,8-11H,1-3,6-7H2,(H2,19,20)/b22-15-. The van der Waals surface area contributed by atoms with Gasteiger partial charge < -0.3 is 14.8 Å². The maximum atomic E-state index is 12.7. The van der Waals surface area contributed by atoms with E-state index in [2.05, 4.69) is 15.1 Å². The van der Waals surface area contributed by atoms with Crippen molar-refractivity contribution in [2.24, 2.45) is 5.16 Å². The molecule has 0 amide bonds. The van der Waals surface area contributed by atoms with Crippen molar-refractivity contribution >= 4 is 61.7 Å². The van der Waals surface area contributed by atoms with Gasteiger partial charge in [0, 0.05) is 5.38 Å². The molecule has 1 saturated carbocycles. The zero-order valence-corrected chi connectivity index (χ0v) is 17.3. The van der Waals surface area contributed by atoms with Crippen LogP contribution in [0.25, 0.3) is 10.2 Å². The highest BCUT2D eigenvalue weighted by atomic mass is 32.2. The van der Waals surface area contributed by atoms with Gasteiger partial charge in [-0.3, -0.25) is 0 Å². The number of carbonyl (C=O) groups excluding carboxylic acids is 1. The zero-order chi connectivity index (χ0) is 19.3. The number of nitrogens with two attached hydrogens (primary N) is 1. The third kappa shape index (κ3) is 4.62. The van der Waals surface area contributed by atoms with E-state index in [1.165, 1.54) is 29.1 Å². The molecule has 0 atom stereocenters. The predicted octanol–water partition coefficient (Wildman–Crippen LogP) is 4.64. The number of nitrogen functional groups attached to an aromatic ring is 1. The summed E-state index contributed by atoms with van der Waals surface area (Å²) in [7, 11) is 0. The molecule has 1 aliphatic carbocycles. The van der Waals surface area contributed by atoms with Gasteiger partial charge in [0.05, 0.1) is 10.2 Å². The van der Waals surface area contributed by atoms with Gasteiger partial charge in [0.2, 0.25) is 5.71 Å². The van der Waals surface area contributed by atoms with E-state index < -0.39 is 5.97 Å². The summed E-state index contributed by atoms with van der Waals surface area (Å²) in [6, 6.07) is 7.76. The topological polar surface area (TPSA) is 99.7 Å². The lowest BCUT2D eigenvalue weighted by Gasteiger charge is -2.19. The van der Waals surface area contributed by atoms with Gasteiger partial charge in [0.25, 0.3) is 0 Å². The Kier molecular flexibility index (Phi) is 6.08. The van der Waals surface area contributed by atoms with Gasteiger partial charge >= 0.3 is 5.97 Å². The summed E-state index contributed by atoms with van der Waals surface area (Å²) in [5, 5.41) is 6.11. The molecule has 1 aliphatic rings. The minimum atomic E-state index is -0.634. The first-order valence-electron chi connectivity index (χ1n) is 8.88. The third-order valence-corrected chi connectivity index (χ3v) is 6.69. The van der Waals surface area contributed by atoms with Gasteiger partial charge in [-0.15, -0.1) is 22.7 Å². The van der Waals surface area contributed by atoms with Crippen molar-refractivity contribution in [3.8, 4) is 0 Å². The van der Waals surface area contributed by atoms with Crippen LogP contribution in [-0.4, -0.2) is 27.8 Å². The molecule has 146 valence electrons. The minimum Gasteiger partial charge on any atom is -0.392 e. The average Bonchev–Trinajstić information content (AvgIpc) is 3.33. The molecule has 7 nitrogen and oxygen atoms in total. The molecule has 1 fully saturated rings. The van der Waals surface area contributed by atoms with Crippen LogP contribution in [0.15, 0.2) is 39.1 Å². The molecule has 10 heteroatoms. The Morgan fingerprint density at radius 1 is 1.21 bits per heavy atom. The van der Waals surface area contributed by atoms with E-state index >= 15 is 0 Å². The highest BCUT2D eigenvalue weighted by Gasteiger charge is 2.23. The molecular weight excluding hydrogens is 416 g/mol. The summed E-state index contributed by atoms with van der Waals surface area (Å²) in [5.41, 5.74) is 6.95. The lowest BCUT2D eigenvalue weighted by Crippen LogP contribution is -2.20. The Labute approximate surface area is 174 Å². The predicted molar refractivity (Wildman–Crippen MR) is 113 cm³/mol. The van der Waals surface area contributed by atoms with Crippen LogP contribution < -0.4 is 5.73 Å². The number of thiazole rings is 2. The number of hydrogen-bond acceptors (Lipinski definition) is 10. The first-order chi connectivity index (χ1) is 13.7. The number of oxime groups is 1. The first-order valence-corrected chi connectivity index (χ1v) is 11.3. The second kappa shape index (κ2) is 8.89. The minimum absolute atomic E-state index is 0.0180. The Balaban J connectivity index is 1.47. The fraction of sp³-hybridized carbons (Fsp3) is 0.333. The van der Waals surface area contributed by atoms with Gasteiger partial charge in [0.15, 0.2) is 9.47 Å². The largest absolute Gasteiger partial charge is 0.392 e. The quantitative estimate of drug-likeness (QED) is 0.343. The highest BCUT2D eigenvalue weighted by molar-refractivity contribution is 7.97. The van der Waals surface area contributed by atoms with E-state index in [9.17, 15) is 4.79 Å². The first kappa shape index (κ1) is 19.2. The third-order valence-electron chi connectivity index (χ3n) is 4.27. The summed E-state index contributed by atoms with van der Waals surface area (Å²) in [6.07, 6.45) is 5.31. The molecule has 2 N–H and O–H groups in total. The van der Waals surface area contributed by atoms with Crippen LogP contribution in [0.1, 0.15) is 37.8 Å². The number of para-hydroxylation sites is 1. The van der Waals surface area contributed by atoms with Crippen molar-refractivity contribution in [3.05, 3.63) is 35.3 Å². The highest BCUT2D eigenvalue weighted by Crippen LogP contribution is 2.30. The number of carbonyl (C=O) groups is 1. The van der Waals surface area contributed by atoms with Crippen LogP contribution in [-0.2, 0) is 13.8 Å². The van der Waals surface area contributed by atoms with E-state index in [1.54, 1.807) is 5.38 Å². The molecule has 4 rings (SSSR count). The second-order valence-corrected chi connectivity index (χ2v) is 9.18. The number of benzene rings is 1. The maximum Gasteiger partial charge on any atom is 0.375 e. The molecule has 0 spiro atoms. The number of hydrogen-bond donors (Lipinski definition) is 1. The summed E-state index contributed by atoms with van der Waals surface area (Å²) in [4.78, 5) is 26.9. The number of rotatable bonds is 6. The van der Waals surface area contributed by atoms with Crippen molar-refractivity contribution in [2.45, 2.75) is 42.5 Å². The van der Waals surface area contributed by atoms with Crippen LogP contribution in [0.5, 0.6) is 0 Å². The zero-order valence-electron chi connectivity index (χ0n) is 14.9. The monoisotopic (exact) mass is 434 g/mol. The van der Waals surface area contributed by atoms with Gasteiger partial charge in [-0.05, 0) is 37.8 Å². The summed E-state index contributed by atoms with van der Waals surface area (Å²) in [6.45, 7) is 0. The van der Waals surface area contributed by atoms with Crippen molar-refractivity contribution in [1.29, 1.82) is 0 Å². The Bertz CT molecular complexity index is 962. The molecule has 0 saturated heterocycles. The van der Waals surface area contributed by atoms with Gasteiger partial charge in [0.1, 0.15) is 23.8 Å². The van der Waals surface area contributed by atoms with E-state index in [0.717, 1.165) is 47.9 Å². The van der Waals surface area contributed by atoms with Crippen LogP contribution >= 0.6 is 34.7 Å². The maximum absolute atomic E-state index is 12.7. The molecule has 1 aromatic carbocycles. The van der Waals surface area contributed by atoms with Gasteiger partial charge in [-0.1, -0.05) is 23.7 Å². The van der Waals surface area contributed by atoms with Gasteiger partial charge in [-0.2, -0.15) is 0 Å². The molecule has 0 radical (unpaired) electrons. The van der Waals surface area contributed by atoms with E-state index in [0.29, 0.717) is 15.2 Å². The lowest BCUT2D eigenvalue weighted by molar-refractivity contribution is -0.126. The molecule has 0 unspecified atom stereocenters. The normalized spacial score (nSPS) is 15.6. The molecule has 3 aromatic rings. The van der Waals surface area contributed by atoms with Crippen LogP contribution in [0.2, 0.25) is 0 Å². The van der Waals surface area contributed by atoms with Crippen LogP contribution in [0.4, 0.5) is 5.13 Å². The van der Waals surface area contributed by atoms with Crippen molar-refractivity contribution in [3.63, 3.8) is 0 Å².